The Hall–Kier alpha value is -0.610. The fourth-order valence-electron chi connectivity index (χ4n) is 1.41. The summed E-state index contributed by atoms with van der Waals surface area (Å²) in [4.78, 5) is 13.5. The summed E-state index contributed by atoms with van der Waals surface area (Å²) in [5.41, 5.74) is 5.60. The van der Waals surface area contributed by atoms with Crippen LogP contribution in [-0.2, 0) is 4.79 Å². The molecule has 0 aromatic rings. The molecule has 0 saturated heterocycles. The minimum absolute atomic E-state index is 0.0970. The molecule has 0 aromatic heterocycles. The number of rotatable bonds is 7. The second kappa shape index (κ2) is 7.65. The molecule has 0 bridgehead atoms. The van der Waals surface area contributed by atoms with Gasteiger partial charge in [0, 0.05) is 25.6 Å². The van der Waals surface area contributed by atoms with E-state index in [0.29, 0.717) is 18.9 Å². The van der Waals surface area contributed by atoms with Crippen molar-refractivity contribution in [2.45, 2.75) is 32.7 Å². The van der Waals surface area contributed by atoms with Gasteiger partial charge in [-0.2, -0.15) is 0 Å². The highest BCUT2D eigenvalue weighted by Gasteiger charge is 2.11. The maximum absolute atomic E-state index is 11.5. The first-order valence-electron chi connectivity index (χ1n) is 5.59. The van der Waals surface area contributed by atoms with Crippen molar-refractivity contribution in [1.29, 1.82) is 0 Å². The van der Waals surface area contributed by atoms with Crippen LogP contribution in [0.1, 0.15) is 26.7 Å². The Balaban J connectivity index is 3.80. The van der Waals surface area contributed by atoms with Gasteiger partial charge in [0.25, 0.3) is 0 Å². The van der Waals surface area contributed by atoms with E-state index < -0.39 is 0 Å². The highest BCUT2D eigenvalue weighted by molar-refractivity contribution is 5.76. The number of nitrogens with two attached hydrogens (primary N) is 1. The molecule has 0 rings (SSSR count). The van der Waals surface area contributed by atoms with Crippen molar-refractivity contribution >= 4 is 5.91 Å². The van der Waals surface area contributed by atoms with E-state index in [1.165, 1.54) is 0 Å². The van der Waals surface area contributed by atoms with Gasteiger partial charge in [0.05, 0.1) is 0 Å². The van der Waals surface area contributed by atoms with E-state index in [2.05, 4.69) is 19.2 Å². The third-order valence-electron chi connectivity index (χ3n) is 2.19. The first-order chi connectivity index (χ1) is 6.95. The fourth-order valence-corrected chi connectivity index (χ4v) is 1.41. The van der Waals surface area contributed by atoms with Crippen LogP contribution in [0.2, 0.25) is 0 Å². The zero-order valence-electron chi connectivity index (χ0n) is 10.4. The van der Waals surface area contributed by atoms with Crippen molar-refractivity contribution in [2.75, 3.05) is 27.2 Å². The predicted octanol–water partition coefficient (Wildman–Crippen LogP) is 0.428. The standard InChI is InChI=1S/C11H25N3O/c1-9(2)7-10(8-12)13-11(15)5-6-14(3)4/h9-10H,5-8,12H2,1-4H3,(H,13,15). The van der Waals surface area contributed by atoms with E-state index in [9.17, 15) is 4.79 Å². The SMILES string of the molecule is CC(C)CC(CN)NC(=O)CCN(C)C. The van der Waals surface area contributed by atoms with Gasteiger partial charge in [0.2, 0.25) is 5.91 Å². The molecule has 3 N–H and O–H groups in total. The topological polar surface area (TPSA) is 58.4 Å². The summed E-state index contributed by atoms with van der Waals surface area (Å²) in [5, 5.41) is 2.96. The van der Waals surface area contributed by atoms with Crippen LogP contribution < -0.4 is 11.1 Å². The van der Waals surface area contributed by atoms with Crippen LogP contribution in [-0.4, -0.2) is 44.0 Å². The second-order valence-corrected chi connectivity index (χ2v) is 4.68. The van der Waals surface area contributed by atoms with Gasteiger partial charge in [-0.1, -0.05) is 13.8 Å². The zero-order chi connectivity index (χ0) is 11.8. The van der Waals surface area contributed by atoms with Crippen LogP contribution in [0.15, 0.2) is 0 Å². The van der Waals surface area contributed by atoms with Gasteiger partial charge in [-0.25, -0.2) is 0 Å². The molecule has 0 aromatic carbocycles. The van der Waals surface area contributed by atoms with Gasteiger partial charge in [0.15, 0.2) is 0 Å². The third kappa shape index (κ3) is 8.39. The van der Waals surface area contributed by atoms with Gasteiger partial charge < -0.3 is 16.0 Å². The van der Waals surface area contributed by atoms with Crippen LogP contribution in [0, 0.1) is 5.92 Å². The van der Waals surface area contributed by atoms with Crippen LogP contribution in [0.5, 0.6) is 0 Å². The molecule has 1 unspecified atom stereocenters. The van der Waals surface area contributed by atoms with Crippen LogP contribution >= 0.6 is 0 Å². The first kappa shape index (κ1) is 14.4. The smallest absolute Gasteiger partial charge is 0.221 e. The molecule has 90 valence electrons. The molecule has 0 aliphatic heterocycles. The highest BCUT2D eigenvalue weighted by atomic mass is 16.1. The Kier molecular flexibility index (Phi) is 7.34. The Bertz CT molecular complexity index is 181. The molecule has 4 heteroatoms. The van der Waals surface area contributed by atoms with Crippen molar-refractivity contribution in [1.82, 2.24) is 10.2 Å². The Labute approximate surface area is 93.2 Å². The van der Waals surface area contributed by atoms with Gasteiger partial charge in [-0.3, -0.25) is 4.79 Å². The third-order valence-corrected chi connectivity index (χ3v) is 2.19. The van der Waals surface area contributed by atoms with Crippen LogP contribution in [0.4, 0.5) is 0 Å². The molecule has 4 nitrogen and oxygen atoms in total. The molecule has 0 radical (unpaired) electrons. The number of hydrogen-bond donors (Lipinski definition) is 2. The average Bonchev–Trinajstić information content (AvgIpc) is 2.13. The second-order valence-electron chi connectivity index (χ2n) is 4.68. The van der Waals surface area contributed by atoms with E-state index in [1.807, 2.05) is 19.0 Å². The van der Waals surface area contributed by atoms with Gasteiger partial charge in [-0.15, -0.1) is 0 Å². The van der Waals surface area contributed by atoms with E-state index >= 15 is 0 Å². The molecular formula is C11H25N3O. The summed E-state index contributed by atoms with van der Waals surface area (Å²) >= 11 is 0. The maximum Gasteiger partial charge on any atom is 0.221 e. The lowest BCUT2D eigenvalue weighted by Crippen LogP contribution is -2.41. The molecule has 0 aliphatic rings. The first-order valence-corrected chi connectivity index (χ1v) is 5.59. The van der Waals surface area contributed by atoms with Crippen LogP contribution in [0.25, 0.3) is 0 Å². The molecule has 0 heterocycles. The van der Waals surface area contributed by atoms with Gasteiger partial charge in [0.1, 0.15) is 0 Å². The lowest BCUT2D eigenvalue weighted by atomic mass is 10.0. The minimum Gasteiger partial charge on any atom is -0.352 e. The summed E-state index contributed by atoms with van der Waals surface area (Å²) in [7, 11) is 3.92. The molecule has 0 saturated carbocycles. The number of amides is 1. The maximum atomic E-state index is 11.5. The van der Waals surface area contributed by atoms with Crippen molar-refractivity contribution < 1.29 is 4.79 Å². The number of carbonyl (C=O) groups is 1. The summed E-state index contributed by atoms with van der Waals surface area (Å²) < 4.78 is 0. The largest absolute Gasteiger partial charge is 0.352 e. The highest BCUT2D eigenvalue weighted by Crippen LogP contribution is 2.03. The normalized spacial score (nSPS) is 13.3. The predicted molar refractivity (Wildman–Crippen MR) is 63.6 cm³/mol. The molecular weight excluding hydrogens is 190 g/mol. The summed E-state index contributed by atoms with van der Waals surface area (Å²) in [6.45, 7) is 5.57. The molecule has 0 spiro atoms. The Morgan fingerprint density at radius 1 is 1.40 bits per heavy atom. The lowest BCUT2D eigenvalue weighted by Gasteiger charge is -2.19. The average molecular weight is 215 g/mol. The monoisotopic (exact) mass is 215 g/mol. The number of nitrogens with one attached hydrogen (secondary N) is 1. The Morgan fingerprint density at radius 2 is 2.00 bits per heavy atom. The molecule has 1 amide bonds. The quantitative estimate of drug-likeness (QED) is 0.647. The zero-order valence-corrected chi connectivity index (χ0v) is 10.4. The van der Waals surface area contributed by atoms with Crippen molar-refractivity contribution in [3.05, 3.63) is 0 Å². The summed E-state index contributed by atoms with van der Waals surface area (Å²) in [6, 6.07) is 0.125. The van der Waals surface area contributed by atoms with E-state index in [0.717, 1.165) is 13.0 Å². The van der Waals surface area contributed by atoms with Crippen LogP contribution in [0.3, 0.4) is 0 Å². The van der Waals surface area contributed by atoms with E-state index in [-0.39, 0.29) is 11.9 Å². The summed E-state index contributed by atoms with van der Waals surface area (Å²) in [5.74, 6) is 0.660. The summed E-state index contributed by atoms with van der Waals surface area (Å²) in [6.07, 6.45) is 1.49. The minimum atomic E-state index is 0.0970. The molecule has 0 aliphatic carbocycles. The van der Waals surface area contributed by atoms with Gasteiger partial charge >= 0.3 is 0 Å². The van der Waals surface area contributed by atoms with Crippen molar-refractivity contribution in [3.63, 3.8) is 0 Å². The molecule has 0 fully saturated rings. The van der Waals surface area contributed by atoms with Crippen molar-refractivity contribution in [3.8, 4) is 0 Å². The van der Waals surface area contributed by atoms with E-state index in [4.69, 9.17) is 5.73 Å². The number of hydrogen-bond acceptors (Lipinski definition) is 3. The molecule has 1 atom stereocenters. The lowest BCUT2D eigenvalue weighted by molar-refractivity contribution is -0.122. The Morgan fingerprint density at radius 3 is 2.40 bits per heavy atom. The number of carbonyl (C=O) groups excluding carboxylic acids is 1. The van der Waals surface area contributed by atoms with Gasteiger partial charge in [-0.05, 0) is 26.4 Å². The number of nitrogens with zero attached hydrogens (tertiary/aromatic N) is 1. The van der Waals surface area contributed by atoms with Crippen molar-refractivity contribution in [2.24, 2.45) is 11.7 Å². The fraction of sp³-hybridized carbons (Fsp3) is 0.909. The molecule has 15 heavy (non-hydrogen) atoms. The van der Waals surface area contributed by atoms with E-state index in [1.54, 1.807) is 0 Å².